The number of benzene rings is 2. The lowest BCUT2D eigenvalue weighted by Crippen LogP contribution is -2.24. The Kier molecular flexibility index (Phi) is 4.88. The molecule has 7 heteroatoms. The number of hydrogen-bond acceptors (Lipinski definition) is 5. The molecule has 0 aliphatic rings. The van der Waals surface area contributed by atoms with Gasteiger partial charge in [0.25, 0.3) is 5.91 Å². The number of amides is 1. The van der Waals surface area contributed by atoms with Gasteiger partial charge in [0.1, 0.15) is 11.5 Å². The number of nitrogens with one attached hydrogen (secondary N) is 2. The lowest BCUT2D eigenvalue weighted by atomic mass is 10.2. The fraction of sp³-hybridized carbons (Fsp3) is 0.0476. The molecule has 1 amide bonds. The number of carbonyl (C=O) groups excluding carboxylic acids is 1. The highest BCUT2D eigenvalue weighted by molar-refractivity contribution is 5.93. The summed E-state index contributed by atoms with van der Waals surface area (Å²) in [5, 5.41) is 6.75. The second-order valence-corrected chi connectivity index (χ2v) is 6.05. The molecule has 138 valence electrons. The molecule has 0 spiro atoms. The van der Waals surface area contributed by atoms with Crippen LogP contribution in [0.5, 0.6) is 0 Å². The average molecular weight is 373 g/mol. The lowest BCUT2D eigenvalue weighted by molar-refractivity contribution is 0.0945. The zero-order chi connectivity index (χ0) is 19.3. The molecule has 0 aliphatic heterocycles. The van der Waals surface area contributed by atoms with Crippen LogP contribution in [0.2, 0.25) is 0 Å². The van der Waals surface area contributed by atoms with E-state index in [4.69, 9.17) is 0 Å². The molecule has 2 aromatic heterocycles. The summed E-state index contributed by atoms with van der Waals surface area (Å²) < 4.78 is 13.7. The number of para-hydroxylation sites is 1. The van der Waals surface area contributed by atoms with Gasteiger partial charge in [0.2, 0.25) is 5.95 Å². The Morgan fingerprint density at radius 1 is 0.929 bits per heavy atom. The van der Waals surface area contributed by atoms with Gasteiger partial charge in [0.15, 0.2) is 0 Å². The van der Waals surface area contributed by atoms with E-state index < -0.39 is 5.91 Å². The molecule has 0 fully saturated rings. The summed E-state index contributed by atoms with van der Waals surface area (Å²) in [5.74, 6) is -0.502. The number of nitrogens with zero attached hydrogens (tertiary/aromatic N) is 3. The number of aromatic nitrogens is 3. The minimum atomic E-state index is -0.412. The molecule has 4 rings (SSSR count). The van der Waals surface area contributed by atoms with Crippen molar-refractivity contribution in [2.75, 3.05) is 5.32 Å². The van der Waals surface area contributed by atoms with Crippen molar-refractivity contribution >= 4 is 28.4 Å². The molecular weight excluding hydrogens is 357 g/mol. The van der Waals surface area contributed by atoms with Crippen LogP contribution in [0, 0.1) is 5.82 Å². The minimum absolute atomic E-state index is 0.0749. The van der Waals surface area contributed by atoms with Crippen molar-refractivity contribution in [3.8, 4) is 0 Å². The van der Waals surface area contributed by atoms with E-state index in [0.717, 1.165) is 16.6 Å². The van der Waals surface area contributed by atoms with E-state index in [9.17, 15) is 9.18 Å². The molecule has 0 radical (unpaired) electrons. The van der Waals surface area contributed by atoms with Gasteiger partial charge >= 0.3 is 0 Å². The van der Waals surface area contributed by atoms with Gasteiger partial charge in [-0.15, -0.1) is 0 Å². The van der Waals surface area contributed by atoms with Crippen molar-refractivity contribution < 1.29 is 9.18 Å². The van der Waals surface area contributed by atoms with Gasteiger partial charge < -0.3 is 10.6 Å². The van der Waals surface area contributed by atoms with Crippen molar-refractivity contribution in [2.24, 2.45) is 0 Å². The standard InChI is InChI=1S/C21H16FN5O/c22-16-8-2-1-5-15(16)13-25-20(28)18-10-12-24-21(27-18)26-17-9-3-6-14-7-4-11-23-19(14)17/h1-12H,13H2,(H,25,28)(H,24,26,27). The molecule has 2 aromatic carbocycles. The molecule has 0 atom stereocenters. The van der Waals surface area contributed by atoms with Gasteiger partial charge in [-0.3, -0.25) is 9.78 Å². The highest BCUT2D eigenvalue weighted by atomic mass is 19.1. The summed E-state index contributed by atoms with van der Waals surface area (Å²) in [6, 6.07) is 17.3. The minimum Gasteiger partial charge on any atom is -0.347 e. The fourth-order valence-electron chi connectivity index (χ4n) is 2.78. The van der Waals surface area contributed by atoms with E-state index in [2.05, 4.69) is 25.6 Å². The quantitative estimate of drug-likeness (QED) is 0.556. The molecule has 0 aliphatic carbocycles. The molecule has 0 saturated heterocycles. The average Bonchev–Trinajstić information content (AvgIpc) is 2.73. The molecule has 0 bridgehead atoms. The SMILES string of the molecule is O=C(NCc1ccccc1F)c1ccnc(Nc2cccc3cccnc23)n1. The van der Waals surface area contributed by atoms with Crippen LogP contribution in [0.3, 0.4) is 0 Å². The zero-order valence-electron chi connectivity index (χ0n) is 14.8. The first-order valence-corrected chi connectivity index (χ1v) is 8.66. The van der Waals surface area contributed by atoms with Gasteiger partial charge in [0.05, 0.1) is 11.2 Å². The number of anilines is 2. The van der Waals surface area contributed by atoms with Crippen molar-refractivity contribution in [1.29, 1.82) is 0 Å². The summed E-state index contributed by atoms with van der Waals surface area (Å²) in [6.45, 7) is 0.0749. The van der Waals surface area contributed by atoms with E-state index in [-0.39, 0.29) is 24.0 Å². The number of fused-ring (bicyclic) bond motifs is 1. The maximum Gasteiger partial charge on any atom is 0.270 e. The smallest absolute Gasteiger partial charge is 0.270 e. The van der Waals surface area contributed by atoms with Gasteiger partial charge in [-0.1, -0.05) is 36.4 Å². The summed E-state index contributed by atoms with van der Waals surface area (Å²) >= 11 is 0. The number of rotatable bonds is 5. The molecule has 28 heavy (non-hydrogen) atoms. The molecular formula is C21H16FN5O. The van der Waals surface area contributed by atoms with E-state index in [1.807, 2.05) is 30.3 Å². The second kappa shape index (κ2) is 7.79. The van der Waals surface area contributed by atoms with Gasteiger partial charge in [0, 0.05) is 29.9 Å². The van der Waals surface area contributed by atoms with Crippen molar-refractivity contribution in [3.05, 3.63) is 90.1 Å². The fourth-order valence-corrected chi connectivity index (χ4v) is 2.78. The number of pyridine rings is 1. The molecule has 2 N–H and O–H groups in total. The third kappa shape index (κ3) is 3.78. The van der Waals surface area contributed by atoms with Gasteiger partial charge in [-0.05, 0) is 24.3 Å². The van der Waals surface area contributed by atoms with Crippen molar-refractivity contribution in [1.82, 2.24) is 20.3 Å². The van der Waals surface area contributed by atoms with Crippen LogP contribution in [0.4, 0.5) is 16.0 Å². The van der Waals surface area contributed by atoms with Crippen LogP contribution in [-0.4, -0.2) is 20.9 Å². The topological polar surface area (TPSA) is 79.8 Å². The van der Waals surface area contributed by atoms with Crippen molar-refractivity contribution in [3.63, 3.8) is 0 Å². The van der Waals surface area contributed by atoms with Crippen LogP contribution < -0.4 is 10.6 Å². The molecule has 0 unspecified atom stereocenters. The largest absolute Gasteiger partial charge is 0.347 e. The first kappa shape index (κ1) is 17.5. The van der Waals surface area contributed by atoms with E-state index >= 15 is 0 Å². The Morgan fingerprint density at radius 2 is 1.79 bits per heavy atom. The number of hydrogen-bond donors (Lipinski definition) is 2. The van der Waals surface area contributed by atoms with E-state index in [1.165, 1.54) is 18.3 Å². The maximum atomic E-state index is 13.7. The monoisotopic (exact) mass is 373 g/mol. The lowest BCUT2D eigenvalue weighted by Gasteiger charge is -2.09. The molecule has 0 saturated carbocycles. The third-order valence-electron chi connectivity index (χ3n) is 4.16. The van der Waals surface area contributed by atoms with Gasteiger partial charge in [-0.25, -0.2) is 14.4 Å². The zero-order valence-corrected chi connectivity index (χ0v) is 14.8. The summed E-state index contributed by atoms with van der Waals surface area (Å²) in [6.07, 6.45) is 3.20. The van der Waals surface area contributed by atoms with Crippen LogP contribution >= 0.6 is 0 Å². The highest BCUT2D eigenvalue weighted by Gasteiger charge is 2.11. The Labute approximate surface area is 160 Å². The Bertz CT molecular complexity index is 1140. The van der Waals surface area contributed by atoms with E-state index in [0.29, 0.717) is 5.56 Å². The maximum absolute atomic E-state index is 13.7. The second-order valence-electron chi connectivity index (χ2n) is 6.05. The Balaban J connectivity index is 1.51. The summed E-state index contributed by atoms with van der Waals surface area (Å²) in [5.41, 5.74) is 2.11. The third-order valence-corrected chi connectivity index (χ3v) is 4.16. The first-order valence-electron chi connectivity index (χ1n) is 8.66. The first-order chi connectivity index (χ1) is 13.7. The van der Waals surface area contributed by atoms with Crippen LogP contribution in [0.25, 0.3) is 10.9 Å². The van der Waals surface area contributed by atoms with Crippen LogP contribution in [0.1, 0.15) is 16.1 Å². The molecule has 2 heterocycles. The predicted octanol–water partition coefficient (Wildman–Crippen LogP) is 3.84. The molecule has 4 aromatic rings. The van der Waals surface area contributed by atoms with Crippen LogP contribution in [0.15, 0.2) is 73.1 Å². The summed E-state index contributed by atoms with van der Waals surface area (Å²) in [7, 11) is 0. The number of halogens is 1. The predicted molar refractivity (Wildman–Crippen MR) is 105 cm³/mol. The van der Waals surface area contributed by atoms with Crippen molar-refractivity contribution in [2.45, 2.75) is 6.54 Å². The Hall–Kier alpha value is -3.87. The van der Waals surface area contributed by atoms with Gasteiger partial charge in [-0.2, -0.15) is 0 Å². The Morgan fingerprint density at radius 3 is 2.68 bits per heavy atom. The normalized spacial score (nSPS) is 10.6. The molecule has 6 nitrogen and oxygen atoms in total. The van der Waals surface area contributed by atoms with Crippen LogP contribution in [-0.2, 0) is 6.54 Å². The summed E-state index contributed by atoms with van der Waals surface area (Å²) in [4.78, 5) is 25.2. The highest BCUT2D eigenvalue weighted by Crippen LogP contribution is 2.22. The van der Waals surface area contributed by atoms with E-state index in [1.54, 1.807) is 24.4 Å². The number of carbonyl (C=O) groups is 1.